The number of likely N-dealkylation sites (tertiary alicyclic amines) is 1. The van der Waals surface area contributed by atoms with Crippen LogP contribution in [0.25, 0.3) is 0 Å². The van der Waals surface area contributed by atoms with Crippen LogP contribution in [0.1, 0.15) is 27.2 Å². The third kappa shape index (κ3) is 3.20. The first-order chi connectivity index (χ1) is 7.34. The van der Waals surface area contributed by atoms with Crippen LogP contribution < -0.4 is 10.6 Å². The summed E-state index contributed by atoms with van der Waals surface area (Å²) in [6.07, 6.45) is 0.409. The minimum atomic E-state index is -0.167. The number of nitrogens with one attached hydrogen (secondary N) is 2. The van der Waals surface area contributed by atoms with E-state index in [2.05, 4.69) is 10.6 Å². The van der Waals surface area contributed by atoms with Crippen molar-refractivity contribution in [2.24, 2.45) is 0 Å². The van der Waals surface area contributed by atoms with E-state index in [9.17, 15) is 9.59 Å². The zero-order valence-electron chi connectivity index (χ0n) is 10.5. The van der Waals surface area contributed by atoms with Crippen LogP contribution in [0.4, 0.5) is 0 Å². The Labute approximate surface area is 96.6 Å². The average Bonchev–Trinajstić information content (AvgIpc) is 2.46. The molecule has 0 aromatic carbocycles. The van der Waals surface area contributed by atoms with E-state index in [1.54, 1.807) is 7.05 Å². The molecule has 0 radical (unpaired) electrons. The van der Waals surface area contributed by atoms with Gasteiger partial charge in [-0.15, -0.1) is 0 Å². The summed E-state index contributed by atoms with van der Waals surface area (Å²) in [4.78, 5) is 24.9. The van der Waals surface area contributed by atoms with E-state index in [0.717, 1.165) is 0 Å². The van der Waals surface area contributed by atoms with Crippen LogP contribution in [-0.4, -0.2) is 48.4 Å². The molecule has 5 nitrogen and oxygen atoms in total. The molecule has 1 atom stereocenters. The largest absolute Gasteiger partial charge is 0.350 e. The number of carbonyl (C=O) groups excluding carboxylic acids is 2. The molecular formula is C11H21N3O2. The Morgan fingerprint density at radius 3 is 2.56 bits per heavy atom. The fraction of sp³-hybridized carbons (Fsp3) is 0.818. The standard InChI is InChI=1S/C11H21N3O2/c1-11(2,3)14-7-8(5-10(14)16)13-9(15)6-12-4/h8,12H,5-7H2,1-4H3,(H,13,15). The summed E-state index contributed by atoms with van der Waals surface area (Å²) in [6.45, 7) is 6.91. The summed E-state index contributed by atoms with van der Waals surface area (Å²) in [7, 11) is 1.72. The quantitative estimate of drug-likeness (QED) is 0.697. The monoisotopic (exact) mass is 227 g/mol. The normalized spacial score (nSPS) is 21.4. The number of amides is 2. The van der Waals surface area contributed by atoms with Crippen molar-refractivity contribution in [3.8, 4) is 0 Å². The molecule has 2 amide bonds. The van der Waals surface area contributed by atoms with Crippen LogP contribution in [0.5, 0.6) is 0 Å². The molecule has 0 saturated carbocycles. The summed E-state index contributed by atoms with van der Waals surface area (Å²) < 4.78 is 0. The van der Waals surface area contributed by atoms with Crippen molar-refractivity contribution >= 4 is 11.8 Å². The zero-order chi connectivity index (χ0) is 12.3. The molecular weight excluding hydrogens is 206 g/mol. The van der Waals surface area contributed by atoms with Gasteiger partial charge in [-0.2, -0.15) is 0 Å². The van der Waals surface area contributed by atoms with Gasteiger partial charge >= 0.3 is 0 Å². The topological polar surface area (TPSA) is 61.4 Å². The molecule has 16 heavy (non-hydrogen) atoms. The van der Waals surface area contributed by atoms with Gasteiger partial charge in [-0.3, -0.25) is 9.59 Å². The average molecular weight is 227 g/mol. The first-order valence-electron chi connectivity index (χ1n) is 5.59. The number of carbonyl (C=O) groups is 2. The maximum absolute atomic E-state index is 11.7. The molecule has 1 aliphatic heterocycles. The van der Waals surface area contributed by atoms with Gasteiger partial charge in [0.2, 0.25) is 11.8 Å². The van der Waals surface area contributed by atoms with Crippen LogP contribution in [0.15, 0.2) is 0 Å². The Bertz CT molecular complexity index is 283. The van der Waals surface area contributed by atoms with E-state index in [1.165, 1.54) is 0 Å². The van der Waals surface area contributed by atoms with Crippen LogP contribution in [0, 0.1) is 0 Å². The van der Waals surface area contributed by atoms with Crippen LogP contribution in [0.2, 0.25) is 0 Å². The van der Waals surface area contributed by atoms with Crippen LogP contribution in [-0.2, 0) is 9.59 Å². The summed E-state index contributed by atoms with van der Waals surface area (Å²) in [5.74, 6) is 0.0540. The lowest BCUT2D eigenvalue weighted by atomic mass is 10.1. The summed E-state index contributed by atoms with van der Waals surface area (Å²) in [5.41, 5.74) is -0.167. The Kier molecular flexibility index (Phi) is 3.91. The SMILES string of the molecule is CNCC(=O)NC1CC(=O)N(C(C)(C)C)C1. The number of hydrogen-bond donors (Lipinski definition) is 2. The highest BCUT2D eigenvalue weighted by Crippen LogP contribution is 2.21. The van der Waals surface area contributed by atoms with Crippen molar-refractivity contribution < 1.29 is 9.59 Å². The summed E-state index contributed by atoms with van der Waals surface area (Å²) in [6, 6.07) is -0.0485. The molecule has 0 bridgehead atoms. The van der Waals surface area contributed by atoms with Crippen molar-refractivity contribution in [3.63, 3.8) is 0 Å². The van der Waals surface area contributed by atoms with Gasteiger partial charge in [-0.25, -0.2) is 0 Å². The third-order valence-electron chi connectivity index (χ3n) is 2.64. The molecule has 0 aromatic heterocycles. The smallest absolute Gasteiger partial charge is 0.234 e. The van der Waals surface area contributed by atoms with Gasteiger partial charge < -0.3 is 15.5 Å². The molecule has 1 heterocycles. The van der Waals surface area contributed by atoms with Crippen LogP contribution in [0.3, 0.4) is 0 Å². The van der Waals surface area contributed by atoms with Crippen molar-refractivity contribution in [2.45, 2.75) is 38.8 Å². The maximum atomic E-state index is 11.7. The Morgan fingerprint density at radius 2 is 2.12 bits per heavy atom. The number of nitrogens with zero attached hydrogens (tertiary/aromatic N) is 1. The second-order valence-corrected chi connectivity index (χ2v) is 5.17. The van der Waals surface area contributed by atoms with Gasteiger partial charge in [0.1, 0.15) is 0 Å². The van der Waals surface area contributed by atoms with Crippen molar-refractivity contribution in [3.05, 3.63) is 0 Å². The highest BCUT2D eigenvalue weighted by atomic mass is 16.2. The van der Waals surface area contributed by atoms with E-state index < -0.39 is 0 Å². The van der Waals surface area contributed by atoms with Gasteiger partial charge in [0.25, 0.3) is 0 Å². The Morgan fingerprint density at radius 1 is 1.50 bits per heavy atom. The van der Waals surface area contributed by atoms with Gasteiger partial charge in [0, 0.05) is 18.5 Å². The van der Waals surface area contributed by atoms with Gasteiger partial charge in [-0.1, -0.05) is 0 Å². The first-order valence-corrected chi connectivity index (χ1v) is 5.59. The lowest BCUT2D eigenvalue weighted by molar-refractivity contribution is -0.131. The molecule has 2 N–H and O–H groups in total. The van der Waals surface area contributed by atoms with E-state index in [0.29, 0.717) is 19.5 Å². The lowest BCUT2D eigenvalue weighted by Crippen LogP contribution is -2.45. The van der Waals surface area contributed by atoms with E-state index in [1.807, 2.05) is 25.7 Å². The molecule has 0 spiro atoms. The van der Waals surface area contributed by atoms with E-state index >= 15 is 0 Å². The minimum absolute atomic E-state index is 0.0485. The second-order valence-electron chi connectivity index (χ2n) is 5.17. The van der Waals surface area contributed by atoms with E-state index in [4.69, 9.17) is 0 Å². The van der Waals surface area contributed by atoms with Crippen LogP contribution >= 0.6 is 0 Å². The highest BCUT2D eigenvalue weighted by molar-refractivity contribution is 5.83. The van der Waals surface area contributed by atoms with Gasteiger partial charge in [-0.05, 0) is 27.8 Å². The fourth-order valence-electron chi connectivity index (χ4n) is 1.89. The van der Waals surface area contributed by atoms with Crippen molar-refractivity contribution in [1.29, 1.82) is 0 Å². The molecule has 0 aromatic rings. The summed E-state index contributed by atoms with van der Waals surface area (Å²) >= 11 is 0. The minimum Gasteiger partial charge on any atom is -0.350 e. The molecule has 1 unspecified atom stereocenters. The number of likely N-dealkylation sites (N-methyl/N-ethyl adjacent to an activating group) is 1. The van der Waals surface area contributed by atoms with Crippen molar-refractivity contribution in [2.75, 3.05) is 20.1 Å². The highest BCUT2D eigenvalue weighted by Gasteiger charge is 2.36. The maximum Gasteiger partial charge on any atom is 0.234 e. The first kappa shape index (κ1) is 13.0. The van der Waals surface area contributed by atoms with Gasteiger partial charge in [0.05, 0.1) is 12.6 Å². The Hall–Kier alpha value is -1.10. The number of rotatable bonds is 3. The third-order valence-corrected chi connectivity index (χ3v) is 2.64. The number of hydrogen-bond acceptors (Lipinski definition) is 3. The summed E-state index contributed by atoms with van der Waals surface area (Å²) in [5, 5.41) is 5.63. The van der Waals surface area contributed by atoms with E-state index in [-0.39, 0.29) is 23.4 Å². The molecule has 1 fully saturated rings. The molecule has 1 aliphatic rings. The Balaban J connectivity index is 2.51. The van der Waals surface area contributed by atoms with Crippen molar-refractivity contribution in [1.82, 2.24) is 15.5 Å². The zero-order valence-corrected chi connectivity index (χ0v) is 10.5. The predicted molar refractivity (Wildman–Crippen MR) is 61.9 cm³/mol. The molecule has 1 rings (SSSR count). The molecule has 0 aliphatic carbocycles. The fourth-order valence-corrected chi connectivity index (χ4v) is 1.89. The predicted octanol–water partition coefficient (Wildman–Crippen LogP) is -0.279. The van der Waals surface area contributed by atoms with Gasteiger partial charge in [0.15, 0.2) is 0 Å². The molecule has 5 heteroatoms. The lowest BCUT2D eigenvalue weighted by Gasteiger charge is -2.32. The molecule has 1 saturated heterocycles. The molecule has 92 valence electrons. The second kappa shape index (κ2) is 4.82.